The normalized spacial score (nSPS) is 13.0. The number of aliphatic hydroxyl groups is 1. The third-order valence-corrected chi connectivity index (χ3v) is 6.23. The van der Waals surface area contributed by atoms with Gasteiger partial charge in [-0.05, 0) is 56.4 Å². The predicted octanol–water partition coefficient (Wildman–Crippen LogP) is 5.83. The van der Waals surface area contributed by atoms with Crippen LogP contribution in [0, 0.1) is 12.7 Å². The van der Waals surface area contributed by atoms with Crippen molar-refractivity contribution in [2.75, 3.05) is 6.61 Å². The minimum absolute atomic E-state index is 0.0438. The largest absolute Gasteiger partial charge is 0.436 e. The van der Waals surface area contributed by atoms with Gasteiger partial charge in [0.1, 0.15) is 11.9 Å². The van der Waals surface area contributed by atoms with E-state index in [4.69, 9.17) is 16.7 Å². The number of unbranched alkanes of at least 4 members (excludes halogenated alkanes) is 1. The van der Waals surface area contributed by atoms with Crippen LogP contribution in [0.2, 0.25) is 5.02 Å². The molecule has 0 spiro atoms. The molecule has 0 fully saturated rings. The molecule has 0 bridgehead atoms. The molecule has 3 aromatic rings. The number of aromatic nitrogens is 4. The van der Waals surface area contributed by atoms with Crippen LogP contribution in [0.4, 0.5) is 17.6 Å². The molecule has 1 unspecified atom stereocenters. The Bertz CT molecular complexity index is 1170. The van der Waals surface area contributed by atoms with E-state index < -0.39 is 22.9 Å². The van der Waals surface area contributed by atoms with Crippen molar-refractivity contribution in [3.8, 4) is 5.69 Å². The topological polar surface area (TPSA) is 72.9 Å². The number of hydrogen-bond acceptors (Lipinski definition) is 4. The minimum atomic E-state index is -4.76. The quantitative estimate of drug-likeness (QED) is 0.273. The van der Waals surface area contributed by atoms with E-state index in [0.717, 1.165) is 10.4 Å². The molecule has 0 saturated carbocycles. The maximum atomic E-state index is 13.4. The number of imidazole rings is 1. The zero-order valence-corrected chi connectivity index (χ0v) is 20.4. The zero-order chi connectivity index (χ0) is 25.9. The van der Waals surface area contributed by atoms with Crippen LogP contribution in [0.25, 0.3) is 5.69 Å². The Balaban J connectivity index is 1.98. The highest BCUT2D eigenvalue weighted by atomic mass is 35.5. The van der Waals surface area contributed by atoms with Crippen LogP contribution in [0.5, 0.6) is 0 Å². The average molecular weight is 515 g/mol. The van der Waals surface area contributed by atoms with Gasteiger partial charge < -0.3 is 9.67 Å². The van der Waals surface area contributed by atoms with E-state index in [0.29, 0.717) is 24.2 Å². The molecule has 190 valence electrons. The van der Waals surface area contributed by atoms with Crippen molar-refractivity contribution in [2.24, 2.45) is 0 Å². The molecule has 0 radical (unpaired) electrons. The number of benzene rings is 1. The molecule has 0 aliphatic heterocycles. The maximum absolute atomic E-state index is 13.4. The Labute approximate surface area is 205 Å². The van der Waals surface area contributed by atoms with E-state index in [1.54, 1.807) is 23.0 Å². The van der Waals surface area contributed by atoms with Crippen molar-refractivity contribution >= 4 is 17.4 Å². The number of alkyl halides is 3. The summed E-state index contributed by atoms with van der Waals surface area (Å²) in [6, 6.07) is 4.83. The molecule has 1 N–H and O–H groups in total. The summed E-state index contributed by atoms with van der Waals surface area (Å²) in [6.45, 7) is 5.14. The third kappa shape index (κ3) is 5.92. The first kappa shape index (κ1) is 26.9. The standard InChI is InChI=1S/C24H27ClF4N4O2/c1-14(2)22-18(30-13-32(22)17-9-7-16(26)8-10-17)12-20(35)19(6-4-5-11-34)33-15(3)21(25)23(31-33)24(27,28)29/h7-10,13-14,19,34H,4-6,11-12H2,1-3H3. The second-order valence-corrected chi connectivity index (χ2v) is 9.02. The van der Waals surface area contributed by atoms with Gasteiger partial charge in [-0.15, -0.1) is 0 Å². The summed E-state index contributed by atoms with van der Waals surface area (Å²) in [7, 11) is 0. The molecule has 0 amide bonds. The molecule has 6 nitrogen and oxygen atoms in total. The van der Waals surface area contributed by atoms with Crippen LogP contribution in [0.1, 0.15) is 67.8 Å². The van der Waals surface area contributed by atoms with Gasteiger partial charge in [-0.1, -0.05) is 25.4 Å². The zero-order valence-electron chi connectivity index (χ0n) is 19.6. The number of hydrogen-bond donors (Lipinski definition) is 1. The fraction of sp³-hybridized carbons (Fsp3) is 0.458. The van der Waals surface area contributed by atoms with Gasteiger partial charge in [0.15, 0.2) is 11.5 Å². The van der Waals surface area contributed by atoms with Crippen LogP contribution in [0.3, 0.4) is 0 Å². The fourth-order valence-corrected chi connectivity index (χ4v) is 4.32. The van der Waals surface area contributed by atoms with Gasteiger partial charge in [-0.25, -0.2) is 9.37 Å². The fourth-order valence-electron chi connectivity index (χ4n) is 4.08. The van der Waals surface area contributed by atoms with Gasteiger partial charge in [0.05, 0.1) is 29.2 Å². The molecular formula is C24H27ClF4N4O2. The highest BCUT2D eigenvalue weighted by Crippen LogP contribution is 2.37. The molecule has 0 aliphatic carbocycles. The van der Waals surface area contributed by atoms with Gasteiger partial charge in [-0.3, -0.25) is 9.48 Å². The Morgan fingerprint density at radius 1 is 1.17 bits per heavy atom. The van der Waals surface area contributed by atoms with E-state index in [2.05, 4.69) is 10.1 Å². The van der Waals surface area contributed by atoms with Gasteiger partial charge in [0.2, 0.25) is 0 Å². The lowest BCUT2D eigenvalue weighted by atomic mass is 9.98. The van der Waals surface area contributed by atoms with Crippen LogP contribution in [0.15, 0.2) is 30.6 Å². The monoisotopic (exact) mass is 514 g/mol. The molecule has 2 heterocycles. The third-order valence-electron chi connectivity index (χ3n) is 5.78. The lowest BCUT2D eigenvalue weighted by Crippen LogP contribution is -2.25. The number of rotatable bonds is 10. The first-order chi connectivity index (χ1) is 16.5. The van der Waals surface area contributed by atoms with Gasteiger partial charge in [0.25, 0.3) is 0 Å². The molecule has 0 saturated heterocycles. The summed E-state index contributed by atoms with van der Waals surface area (Å²) in [5, 5.41) is 12.3. The van der Waals surface area contributed by atoms with Crippen molar-refractivity contribution in [3.05, 3.63) is 64.2 Å². The predicted molar refractivity (Wildman–Crippen MR) is 123 cm³/mol. The van der Waals surface area contributed by atoms with Crippen molar-refractivity contribution < 1.29 is 27.5 Å². The Morgan fingerprint density at radius 2 is 1.83 bits per heavy atom. The Hall–Kier alpha value is -2.72. The first-order valence-electron chi connectivity index (χ1n) is 11.2. The van der Waals surface area contributed by atoms with Crippen LogP contribution in [-0.4, -0.2) is 36.8 Å². The molecule has 1 atom stereocenters. The number of aliphatic hydroxyl groups excluding tert-OH is 1. The summed E-state index contributed by atoms with van der Waals surface area (Å²) in [5.41, 5.74) is 0.700. The van der Waals surface area contributed by atoms with E-state index in [-0.39, 0.29) is 42.7 Å². The van der Waals surface area contributed by atoms with Crippen LogP contribution < -0.4 is 0 Å². The molecule has 35 heavy (non-hydrogen) atoms. The number of ketones is 1. The number of nitrogens with zero attached hydrogens (tertiary/aromatic N) is 4. The smallest absolute Gasteiger partial charge is 0.396 e. The number of Topliss-reactive ketones (excluding diaryl/α,β-unsaturated/α-hetero) is 1. The summed E-state index contributed by atoms with van der Waals surface area (Å²) < 4.78 is 56.3. The molecule has 2 aromatic heterocycles. The Kier molecular flexibility index (Phi) is 8.38. The van der Waals surface area contributed by atoms with Gasteiger partial charge >= 0.3 is 6.18 Å². The molecular weight excluding hydrogens is 488 g/mol. The van der Waals surface area contributed by atoms with Gasteiger partial charge in [-0.2, -0.15) is 18.3 Å². The van der Waals surface area contributed by atoms with Gasteiger partial charge in [0, 0.05) is 18.0 Å². The highest BCUT2D eigenvalue weighted by molar-refractivity contribution is 6.32. The maximum Gasteiger partial charge on any atom is 0.436 e. The Morgan fingerprint density at radius 3 is 2.37 bits per heavy atom. The molecule has 11 heteroatoms. The van der Waals surface area contributed by atoms with Crippen LogP contribution in [-0.2, 0) is 17.4 Å². The summed E-state index contributed by atoms with van der Waals surface area (Å²) in [5.74, 6) is -0.798. The lowest BCUT2D eigenvalue weighted by Gasteiger charge is -2.19. The number of halogens is 5. The van der Waals surface area contributed by atoms with E-state index in [9.17, 15) is 22.4 Å². The van der Waals surface area contributed by atoms with E-state index in [1.807, 2.05) is 13.8 Å². The average Bonchev–Trinajstić information content (AvgIpc) is 3.33. The molecule has 0 aliphatic rings. The van der Waals surface area contributed by atoms with Crippen LogP contribution >= 0.6 is 11.6 Å². The van der Waals surface area contributed by atoms with Crippen molar-refractivity contribution in [1.29, 1.82) is 0 Å². The number of carbonyl (C=O) groups is 1. The summed E-state index contributed by atoms with van der Waals surface area (Å²) in [4.78, 5) is 17.9. The first-order valence-corrected chi connectivity index (χ1v) is 11.6. The summed E-state index contributed by atoms with van der Waals surface area (Å²) >= 11 is 5.92. The van der Waals surface area contributed by atoms with E-state index >= 15 is 0 Å². The lowest BCUT2D eigenvalue weighted by molar-refractivity contribution is -0.141. The minimum Gasteiger partial charge on any atom is -0.396 e. The second-order valence-electron chi connectivity index (χ2n) is 8.65. The summed E-state index contributed by atoms with van der Waals surface area (Å²) in [6.07, 6.45) is -2.37. The molecule has 1 aromatic carbocycles. The van der Waals surface area contributed by atoms with Crippen molar-refractivity contribution in [2.45, 2.75) is 64.6 Å². The van der Waals surface area contributed by atoms with Crippen molar-refractivity contribution in [3.63, 3.8) is 0 Å². The van der Waals surface area contributed by atoms with Crippen molar-refractivity contribution in [1.82, 2.24) is 19.3 Å². The van der Waals surface area contributed by atoms with E-state index in [1.165, 1.54) is 19.1 Å². The highest BCUT2D eigenvalue weighted by Gasteiger charge is 2.39. The SMILES string of the molecule is Cc1c(Cl)c(C(F)(F)F)nn1C(CCCCO)C(=O)Cc1ncn(-c2ccc(F)cc2)c1C(C)C. The number of carbonyl (C=O) groups excluding carboxylic acids is 1. The second kappa shape index (κ2) is 10.9. The molecule has 3 rings (SSSR count).